The van der Waals surface area contributed by atoms with Gasteiger partial charge in [-0.2, -0.15) is 0 Å². The molecule has 0 unspecified atom stereocenters. The van der Waals surface area contributed by atoms with E-state index in [-0.39, 0.29) is 6.09 Å². The molecule has 2 N–H and O–H groups in total. The molecule has 132 valence electrons. The van der Waals surface area contributed by atoms with Crippen molar-refractivity contribution in [2.45, 2.75) is 45.1 Å². The topological polar surface area (TPSA) is 53.6 Å². The molecule has 0 aliphatic carbocycles. The second-order valence-electron chi connectivity index (χ2n) is 6.69. The first kappa shape index (κ1) is 17.1. The number of amides is 1. The first-order valence-electron chi connectivity index (χ1n) is 9.27. The van der Waals surface area contributed by atoms with E-state index in [0.717, 1.165) is 45.4 Å². The Morgan fingerprint density at radius 2 is 2.21 bits per heavy atom. The molecule has 1 saturated heterocycles. The maximum atomic E-state index is 11.7. The number of hydrogen-bond acceptors (Lipinski definition) is 4. The van der Waals surface area contributed by atoms with E-state index in [9.17, 15) is 4.79 Å². The van der Waals surface area contributed by atoms with Crippen LogP contribution in [0.25, 0.3) is 0 Å². The SMILES string of the molecule is CCOC(=O)N1CCC(NCCc2ccc3c(c2)CCCN3)CC1. The zero-order chi connectivity index (χ0) is 16.8. The predicted octanol–water partition coefficient (Wildman–Crippen LogP) is 2.80. The number of aryl methyl sites for hydroxylation is 1. The minimum atomic E-state index is -0.168. The Kier molecular flexibility index (Phi) is 5.96. The van der Waals surface area contributed by atoms with Gasteiger partial charge < -0.3 is 20.3 Å². The minimum Gasteiger partial charge on any atom is -0.450 e. The van der Waals surface area contributed by atoms with Gasteiger partial charge in [0, 0.05) is 31.4 Å². The number of piperidine rings is 1. The molecule has 2 heterocycles. The number of likely N-dealkylation sites (tertiary alicyclic amines) is 1. The number of hydrogen-bond donors (Lipinski definition) is 2. The van der Waals surface area contributed by atoms with Crippen LogP contribution in [0.5, 0.6) is 0 Å². The highest BCUT2D eigenvalue weighted by atomic mass is 16.6. The van der Waals surface area contributed by atoms with E-state index in [4.69, 9.17) is 4.74 Å². The third-order valence-corrected chi connectivity index (χ3v) is 4.98. The molecule has 1 fully saturated rings. The van der Waals surface area contributed by atoms with E-state index >= 15 is 0 Å². The maximum Gasteiger partial charge on any atom is 0.409 e. The molecule has 0 aromatic heterocycles. The van der Waals surface area contributed by atoms with Crippen LogP contribution in [0.2, 0.25) is 0 Å². The quantitative estimate of drug-likeness (QED) is 0.871. The van der Waals surface area contributed by atoms with Crippen LogP contribution in [-0.4, -0.2) is 49.8 Å². The molecule has 0 atom stereocenters. The van der Waals surface area contributed by atoms with Crippen LogP contribution >= 0.6 is 0 Å². The second kappa shape index (κ2) is 8.38. The van der Waals surface area contributed by atoms with Gasteiger partial charge in [-0.25, -0.2) is 4.79 Å². The van der Waals surface area contributed by atoms with Crippen molar-refractivity contribution < 1.29 is 9.53 Å². The molecule has 3 rings (SSSR count). The van der Waals surface area contributed by atoms with Gasteiger partial charge in [-0.15, -0.1) is 0 Å². The van der Waals surface area contributed by atoms with E-state index < -0.39 is 0 Å². The second-order valence-corrected chi connectivity index (χ2v) is 6.69. The van der Waals surface area contributed by atoms with Gasteiger partial charge in [0.2, 0.25) is 0 Å². The van der Waals surface area contributed by atoms with Gasteiger partial charge >= 0.3 is 6.09 Å². The summed E-state index contributed by atoms with van der Waals surface area (Å²) in [4.78, 5) is 13.5. The van der Waals surface area contributed by atoms with E-state index in [0.29, 0.717) is 12.6 Å². The first-order valence-corrected chi connectivity index (χ1v) is 9.27. The van der Waals surface area contributed by atoms with Crippen molar-refractivity contribution in [3.05, 3.63) is 29.3 Å². The summed E-state index contributed by atoms with van der Waals surface area (Å²) >= 11 is 0. The molecular weight excluding hydrogens is 302 g/mol. The normalized spacial score (nSPS) is 18.0. The zero-order valence-corrected chi connectivity index (χ0v) is 14.6. The van der Waals surface area contributed by atoms with E-state index in [1.54, 1.807) is 0 Å². The predicted molar refractivity (Wildman–Crippen MR) is 96.6 cm³/mol. The molecule has 0 spiro atoms. The van der Waals surface area contributed by atoms with Crippen molar-refractivity contribution in [2.75, 3.05) is 38.1 Å². The van der Waals surface area contributed by atoms with Crippen LogP contribution in [0.1, 0.15) is 37.3 Å². The van der Waals surface area contributed by atoms with Crippen molar-refractivity contribution in [3.63, 3.8) is 0 Å². The number of fused-ring (bicyclic) bond motifs is 1. The van der Waals surface area contributed by atoms with Crippen LogP contribution < -0.4 is 10.6 Å². The summed E-state index contributed by atoms with van der Waals surface area (Å²) in [5.74, 6) is 0. The highest BCUT2D eigenvalue weighted by molar-refractivity contribution is 5.67. The lowest BCUT2D eigenvalue weighted by atomic mass is 9.99. The molecule has 2 aliphatic heterocycles. The van der Waals surface area contributed by atoms with Gasteiger partial charge in [-0.3, -0.25) is 0 Å². The van der Waals surface area contributed by atoms with Crippen molar-refractivity contribution in [1.82, 2.24) is 10.2 Å². The summed E-state index contributed by atoms with van der Waals surface area (Å²) in [6.45, 7) is 5.98. The molecule has 1 aromatic carbocycles. The van der Waals surface area contributed by atoms with Gasteiger partial charge in [0.25, 0.3) is 0 Å². The van der Waals surface area contributed by atoms with Crippen molar-refractivity contribution in [3.8, 4) is 0 Å². The van der Waals surface area contributed by atoms with E-state index in [2.05, 4.69) is 28.8 Å². The van der Waals surface area contributed by atoms with E-state index in [1.807, 2.05) is 11.8 Å². The van der Waals surface area contributed by atoms with Gasteiger partial charge in [0.15, 0.2) is 0 Å². The summed E-state index contributed by atoms with van der Waals surface area (Å²) in [6, 6.07) is 7.33. The number of benzene rings is 1. The highest BCUT2D eigenvalue weighted by Gasteiger charge is 2.23. The monoisotopic (exact) mass is 331 g/mol. The zero-order valence-electron chi connectivity index (χ0n) is 14.6. The lowest BCUT2D eigenvalue weighted by Gasteiger charge is -2.31. The number of rotatable bonds is 5. The smallest absolute Gasteiger partial charge is 0.409 e. The summed E-state index contributed by atoms with van der Waals surface area (Å²) < 4.78 is 5.06. The maximum absolute atomic E-state index is 11.7. The fourth-order valence-corrected chi connectivity index (χ4v) is 3.59. The number of carbonyl (C=O) groups excluding carboxylic acids is 1. The summed E-state index contributed by atoms with van der Waals surface area (Å²) in [6.07, 6.45) is 5.33. The standard InChI is InChI=1S/C19H29N3O2/c1-2-24-19(23)22-12-8-17(9-13-22)20-11-7-15-5-6-18-16(14-15)4-3-10-21-18/h5-6,14,17,20-21H,2-4,7-13H2,1H3. The fourth-order valence-electron chi connectivity index (χ4n) is 3.59. The number of carbonyl (C=O) groups is 1. The lowest BCUT2D eigenvalue weighted by molar-refractivity contribution is 0.0952. The summed E-state index contributed by atoms with van der Waals surface area (Å²) in [5.41, 5.74) is 4.18. The van der Waals surface area contributed by atoms with Gasteiger partial charge in [0.05, 0.1) is 6.61 Å². The third-order valence-electron chi connectivity index (χ3n) is 4.98. The molecule has 1 amide bonds. The van der Waals surface area contributed by atoms with E-state index in [1.165, 1.54) is 29.7 Å². The largest absolute Gasteiger partial charge is 0.450 e. The lowest BCUT2D eigenvalue weighted by Crippen LogP contribution is -2.45. The number of nitrogens with zero attached hydrogens (tertiary/aromatic N) is 1. The van der Waals surface area contributed by atoms with Crippen molar-refractivity contribution in [1.29, 1.82) is 0 Å². The van der Waals surface area contributed by atoms with Crippen LogP contribution in [-0.2, 0) is 17.6 Å². The van der Waals surface area contributed by atoms with Crippen LogP contribution in [0, 0.1) is 0 Å². The molecular formula is C19H29N3O2. The van der Waals surface area contributed by atoms with Crippen molar-refractivity contribution >= 4 is 11.8 Å². The summed E-state index contributed by atoms with van der Waals surface area (Å²) in [5, 5.41) is 7.11. The molecule has 2 aliphatic rings. The number of nitrogens with one attached hydrogen (secondary N) is 2. The molecule has 0 radical (unpaired) electrons. The highest BCUT2D eigenvalue weighted by Crippen LogP contribution is 2.23. The molecule has 0 bridgehead atoms. The third kappa shape index (κ3) is 4.41. The van der Waals surface area contributed by atoms with Gasteiger partial charge in [0.1, 0.15) is 0 Å². The average molecular weight is 331 g/mol. The van der Waals surface area contributed by atoms with Crippen LogP contribution in [0.4, 0.5) is 10.5 Å². The Morgan fingerprint density at radius 3 is 3.00 bits per heavy atom. The minimum absolute atomic E-state index is 0.168. The van der Waals surface area contributed by atoms with Crippen molar-refractivity contribution in [2.24, 2.45) is 0 Å². The van der Waals surface area contributed by atoms with Crippen LogP contribution in [0.15, 0.2) is 18.2 Å². The Morgan fingerprint density at radius 1 is 1.38 bits per heavy atom. The number of anilines is 1. The van der Waals surface area contributed by atoms with Crippen LogP contribution in [0.3, 0.4) is 0 Å². The first-order chi connectivity index (χ1) is 11.8. The fraction of sp³-hybridized carbons (Fsp3) is 0.632. The molecule has 24 heavy (non-hydrogen) atoms. The Labute approximate surface area is 144 Å². The Bertz CT molecular complexity index is 554. The Hall–Kier alpha value is -1.75. The molecule has 5 heteroatoms. The van der Waals surface area contributed by atoms with Gasteiger partial charge in [-0.1, -0.05) is 12.1 Å². The molecule has 1 aromatic rings. The molecule has 5 nitrogen and oxygen atoms in total. The van der Waals surface area contributed by atoms with Gasteiger partial charge in [-0.05, 0) is 62.8 Å². The summed E-state index contributed by atoms with van der Waals surface area (Å²) in [7, 11) is 0. The number of ether oxygens (including phenoxy) is 1. The average Bonchev–Trinajstić information content (AvgIpc) is 2.62. The molecule has 0 saturated carbocycles. The Balaban J connectivity index is 1.39.